The lowest BCUT2D eigenvalue weighted by Crippen LogP contribution is -2.13. The van der Waals surface area contributed by atoms with Gasteiger partial charge in [-0.1, -0.05) is 27.7 Å². The van der Waals surface area contributed by atoms with Crippen molar-refractivity contribution in [3.05, 3.63) is 17.6 Å². The minimum atomic E-state index is 0.369. The van der Waals surface area contributed by atoms with Gasteiger partial charge in [0.1, 0.15) is 12.1 Å². The van der Waals surface area contributed by atoms with Gasteiger partial charge in [0.05, 0.1) is 0 Å². The molecule has 0 saturated carbocycles. The van der Waals surface area contributed by atoms with Crippen molar-refractivity contribution in [1.82, 2.24) is 19.6 Å². The Hall–Kier alpha value is -1.65. The Labute approximate surface area is 120 Å². The summed E-state index contributed by atoms with van der Waals surface area (Å²) in [5.74, 6) is 1.92. The maximum Gasteiger partial charge on any atom is 0.254 e. The second kappa shape index (κ2) is 5.38. The molecule has 0 spiro atoms. The van der Waals surface area contributed by atoms with Crippen LogP contribution < -0.4 is 5.73 Å². The first kappa shape index (κ1) is 14.8. The van der Waals surface area contributed by atoms with Crippen LogP contribution in [-0.2, 0) is 6.42 Å². The van der Waals surface area contributed by atoms with Gasteiger partial charge >= 0.3 is 0 Å². The van der Waals surface area contributed by atoms with Gasteiger partial charge in [-0.3, -0.25) is 0 Å². The van der Waals surface area contributed by atoms with Crippen molar-refractivity contribution in [2.45, 2.75) is 53.9 Å². The number of aromatic nitrogens is 4. The van der Waals surface area contributed by atoms with Gasteiger partial charge in [-0.2, -0.15) is 14.6 Å². The molecule has 20 heavy (non-hydrogen) atoms. The highest BCUT2D eigenvalue weighted by atomic mass is 15.3. The normalized spacial score (nSPS) is 13.8. The standard InChI is InChI=1S/C15H25N5/c1-10(8-15(3,4)5)6-7-12-11(2)19-14-17-9-18-20(14)13(12)16/h9-10H,6-8,16H2,1-5H3. The van der Waals surface area contributed by atoms with Crippen LogP contribution in [0.25, 0.3) is 5.78 Å². The lowest BCUT2D eigenvalue weighted by atomic mass is 9.83. The van der Waals surface area contributed by atoms with Crippen molar-refractivity contribution < 1.29 is 0 Å². The Morgan fingerprint density at radius 2 is 2.05 bits per heavy atom. The summed E-state index contributed by atoms with van der Waals surface area (Å²) in [6, 6.07) is 0. The molecule has 0 bridgehead atoms. The Kier molecular flexibility index (Phi) is 3.97. The summed E-state index contributed by atoms with van der Waals surface area (Å²) >= 11 is 0. The summed E-state index contributed by atoms with van der Waals surface area (Å²) in [5, 5.41) is 4.12. The minimum absolute atomic E-state index is 0.369. The summed E-state index contributed by atoms with van der Waals surface area (Å²) in [4.78, 5) is 8.54. The molecule has 2 heterocycles. The average molecular weight is 275 g/mol. The number of hydrogen-bond acceptors (Lipinski definition) is 4. The SMILES string of the molecule is Cc1nc2ncnn2c(N)c1CCC(C)CC(C)(C)C. The fourth-order valence-electron chi connectivity index (χ4n) is 2.86. The molecule has 0 fully saturated rings. The lowest BCUT2D eigenvalue weighted by Gasteiger charge is -2.23. The Morgan fingerprint density at radius 3 is 2.70 bits per heavy atom. The first-order chi connectivity index (χ1) is 9.28. The largest absolute Gasteiger partial charge is 0.383 e. The van der Waals surface area contributed by atoms with E-state index in [1.54, 1.807) is 4.52 Å². The number of fused-ring (bicyclic) bond motifs is 1. The maximum absolute atomic E-state index is 6.20. The smallest absolute Gasteiger partial charge is 0.254 e. The molecule has 5 nitrogen and oxygen atoms in total. The highest BCUT2D eigenvalue weighted by molar-refractivity contribution is 5.49. The zero-order valence-corrected chi connectivity index (χ0v) is 13.1. The van der Waals surface area contributed by atoms with E-state index in [0.29, 0.717) is 22.9 Å². The lowest BCUT2D eigenvalue weighted by molar-refractivity contribution is 0.297. The number of nitrogens with two attached hydrogens (primary N) is 1. The van der Waals surface area contributed by atoms with Crippen LogP contribution in [0.5, 0.6) is 0 Å². The van der Waals surface area contributed by atoms with Crippen molar-refractivity contribution in [3.8, 4) is 0 Å². The van der Waals surface area contributed by atoms with Gasteiger partial charge < -0.3 is 5.73 Å². The maximum atomic E-state index is 6.20. The zero-order valence-electron chi connectivity index (χ0n) is 13.1. The van der Waals surface area contributed by atoms with Crippen molar-refractivity contribution in [3.63, 3.8) is 0 Å². The summed E-state index contributed by atoms with van der Waals surface area (Å²) < 4.78 is 1.62. The topological polar surface area (TPSA) is 69.1 Å². The molecule has 0 radical (unpaired) electrons. The number of aryl methyl sites for hydroxylation is 1. The Bertz CT molecular complexity index is 594. The van der Waals surface area contributed by atoms with Gasteiger partial charge in [0, 0.05) is 11.3 Å². The molecule has 2 N–H and O–H groups in total. The van der Waals surface area contributed by atoms with E-state index in [4.69, 9.17) is 5.73 Å². The minimum Gasteiger partial charge on any atom is -0.383 e. The van der Waals surface area contributed by atoms with Gasteiger partial charge in [0.2, 0.25) is 0 Å². The van der Waals surface area contributed by atoms with Crippen LogP contribution in [0.3, 0.4) is 0 Å². The fraction of sp³-hybridized carbons (Fsp3) is 0.667. The molecule has 0 aromatic carbocycles. The van der Waals surface area contributed by atoms with E-state index in [-0.39, 0.29) is 0 Å². The predicted molar refractivity (Wildman–Crippen MR) is 81.5 cm³/mol. The van der Waals surface area contributed by atoms with Crippen LogP contribution in [0.1, 0.15) is 51.8 Å². The van der Waals surface area contributed by atoms with Gasteiger partial charge in [-0.25, -0.2) is 4.98 Å². The predicted octanol–water partition coefficient (Wildman–Crippen LogP) is 3.02. The van der Waals surface area contributed by atoms with Crippen molar-refractivity contribution in [2.24, 2.45) is 11.3 Å². The Morgan fingerprint density at radius 1 is 1.35 bits per heavy atom. The summed E-state index contributed by atoms with van der Waals surface area (Å²) in [7, 11) is 0. The molecule has 110 valence electrons. The number of rotatable bonds is 4. The third-order valence-corrected chi connectivity index (χ3v) is 3.62. The molecule has 0 aliphatic heterocycles. The average Bonchev–Trinajstić information content (AvgIpc) is 2.74. The molecule has 2 rings (SSSR count). The number of nitrogen functional groups attached to an aromatic ring is 1. The first-order valence-corrected chi connectivity index (χ1v) is 7.22. The molecule has 0 saturated heterocycles. The first-order valence-electron chi connectivity index (χ1n) is 7.22. The molecule has 2 aromatic rings. The summed E-state index contributed by atoms with van der Waals surface area (Å²) in [6.45, 7) is 11.2. The molecule has 0 aliphatic carbocycles. The van der Waals surface area contributed by atoms with Gasteiger partial charge in [-0.05, 0) is 37.5 Å². The Balaban J connectivity index is 2.13. The van der Waals surface area contributed by atoms with Crippen molar-refractivity contribution in [1.29, 1.82) is 0 Å². The van der Waals surface area contributed by atoms with Crippen LogP contribution in [0, 0.1) is 18.3 Å². The zero-order chi connectivity index (χ0) is 14.9. The molecule has 0 amide bonds. The third-order valence-electron chi connectivity index (χ3n) is 3.62. The highest BCUT2D eigenvalue weighted by Crippen LogP contribution is 2.28. The molecule has 0 aliphatic rings. The number of hydrogen-bond donors (Lipinski definition) is 1. The van der Waals surface area contributed by atoms with E-state index in [0.717, 1.165) is 24.1 Å². The van der Waals surface area contributed by atoms with E-state index in [1.165, 1.54) is 12.7 Å². The molecule has 2 aromatic heterocycles. The summed E-state index contributed by atoms with van der Waals surface area (Å²) in [6.07, 6.45) is 4.76. The number of nitrogens with zero attached hydrogens (tertiary/aromatic N) is 4. The van der Waals surface area contributed by atoms with E-state index in [1.807, 2.05) is 6.92 Å². The second-order valence-corrected chi connectivity index (χ2v) is 6.94. The van der Waals surface area contributed by atoms with E-state index in [2.05, 4.69) is 42.8 Å². The van der Waals surface area contributed by atoms with Crippen LogP contribution in [-0.4, -0.2) is 19.6 Å². The second-order valence-electron chi connectivity index (χ2n) is 6.94. The molecular weight excluding hydrogens is 250 g/mol. The van der Waals surface area contributed by atoms with Gasteiger partial charge in [-0.15, -0.1) is 0 Å². The number of anilines is 1. The van der Waals surface area contributed by atoms with Crippen LogP contribution in [0.4, 0.5) is 5.82 Å². The van der Waals surface area contributed by atoms with E-state index in [9.17, 15) is 0 Å². The third kappa shape index (κ3) is 3.26. The van der Waals surface area contributed by atoms with Crippen LogP contribution in [0.2, 0.25) is 0 Å². The molecule has 1 unspecified atom stereocenters. The van der Waals surface area contributed by atoms with Crippen molar-refractivity contribution >= 4 is 11.6 Å². The quantitative estimate of drug-likeness (QED) is 0.931. The monoisotopic (exact) mass is 275 g/mol. The molecule has 1 atom stereocenters. The van der Waals surface area contributed by atoms with E-state index >= 15 is 0 Å². The van der Waals surface area contributed by atoms with Gasteiger partial charge in [0.15, 0.2) is 0 Å². The van der Waals surface area contributed by atoms with Crippen molar-refractivity contribution in [2.75, 3.05) is 5.73 Å². The highest BCUT2D eigenvalue weighted by Gasteiger charge is 2.17. The van der Waals surface area contributed by atoms with E-state index < -0.39 is 0 Å². The van der Waals surface area contributed by atoms with Crippen LogP contribution in [0.15, 0.2) is 6.33 Å². The fourth-order valence-corrected chi connectivity index (χ4v) is 2.86. The molecular formula is C15H25N5. The molecule has 5 heteroatoms. The summed E-state index contributed by atoms with van der Waals surface area (Å²) in [5.41, 5.74) is 8.63. The van der Waals surface area contributed by atoms with Gasteiger partial charge in [0.25, 0.3) is 5.78 Å². The van der Waals surface area contributed by atoms with Crippen LogP contribution >= 0.6 is 0 Å².